The van der Waals surface area contributed by atoms with E-state index in [1.807, 2.05) is 37.8 Å². The highest BCUT2D eigenvalue weighted by Crippen LogP contribution is 2.30. The SMILES string of the molecule is CC(C)(C)OC(=O)N1CCC(CCc2cc3cc(C=O)sc3o2)CC1. The van der Waals surface area contributed by atoms with Crippen molar-refractivity contribution in [3.05, 3.63) is 22.8 Å². The summed E-state index contributed by atoms with van der Waals surface area (Å²) in [5, 5.41) is 1.02. The number of aryl methyl sites for hydroxylation is 1. The summed E-state index contributed by atoms with van der Waals surface area (Å²) in [5.74, 6) is 1.58. The fraction of sp³-hybridized carbons (Fsp3) is 0.579. The van der Waals surface area contributed by atoms with Crippen molar-refractivity contribution in [1.29, 1.82) is 0 Å². The minimum atomic E-state index is -0.441. The summed E-state index contributed by atoms with van der Waals surface area (Å²) in [6, 6.07) is 3.91. The lowest BCUT2D eigenvalue weighted by atomic mass is 9.92. The Morgan fingerprint density at radius 3 is 2.68 bits per heavy atom. The zero-order valence-corrected chi connectivity index (χ0v) is 15.9. The monoisotopic (exact) mass is 363 g/mol. The molecule has 1 aliphatic rings. The molecule has 0 spiro atoms. The standard InChI is InChI=1S/C19H25NO4S/c1-19(2,3)24-18(22)20-8-6-13(7-9-20)4-5-15-10-14-11-16(12-21)25-17(14)23-15/h10-13H,4-9H2,1-3H3. The molecule has 0 saturated carbocycles. The van der Waals surface area contributed by atoms with Crippen LogP contribution in [0, 0.1) is 5.92 Å². The summed E-state index contributed by atoms with van der Waals surface area (Å²) in [5.41, 5.74) is -0.441. The number of furan rings is 1. The van der Waals surface area contributed by atoms with E-state index in [0.29, 0.717) is 10.8 Å². The third-order valence-electron chi connectivity index (χ3n) is 4.47. The van der Waals surface area contributed by atoms with Crippen molar-refractivity contribution in [3.8, 4) is 0 Å². The first-order valence-electron chi connectivity index (χ1n) is 8.79. The molecule has 1 amide bonds. The number of carbonyl (C=O) groups is 2. The molecule has 0 aromatic carbocycles. The highest BCUT2D eigenvalue weighted by molar-refractivity contribution is 7.19. The molecular formula is C19H25NO4S. The zero-order chi connectivity index (χ0) is 18.0. The smallest absolute Gasteiger partial charge is 0.410 e. The molecule has 0 bridgehead atoms. The van der Waals surface area contributed by atoms with Crippen LogP contribution in [0.25, 0.3) is 10.3 Å². The molecule has 0 aliphatic carbocycles. The van der Waals surface area contributed by atoms with Crippen molar-refractivity contribution in [2.75, 3.05) is 13.1 Å². The van der Waals surface area contributed by atoms with Crippen molar-refractivity contribution in [3.63, 3.8) is 0 Å². The van der Waals surface area contributed by atoms with Gasteiger partial charge >= 0.3 is 6.09 Å². The van der Waals surface area contributed by atoms with E-state index in [1.54, 1.807) is 0 Å². The molecule has 0 atom stereocenters. The average molecular weight is 363 g/mol. The lowest BCUT2D eigenvalue weighted by Gasteiger charge is -2.33. The van der Waals surface area contributed by atoms with Gasteiger partial charge in [-0.25, -0.2) is 4.79 Å². The highest BCUT2D eigenvalue weighted by Gasteiger charge is 2.26. The van der Waals surface area contributed by atoms with Gasteiger partial charge in [0.05, 0.1) is 4.88 Å². The predicted molar refractivity (Wildman–Crippen MR) is 98.3 cm³/mol. The number of amides is 1. The topological polar surface area (TPSA) is 59.8 Å². The average Bonchev–Trinajstić information content (AvgIpc) is 3.09. The minimum Gasteiger partial charge on any atom is -0.450 e. The van der Waals surface area contributed by atoms with Crippen molar-refractivity contribution >= 4 is 34.0 Å². The minimum absolute atomic E-state index is 0.205. The van der Waals surface area contributed by atoms with Crippen LogP contribution in [0.3, 0.4) is 0 Å². The number of ether oxygens (including phenoxy) is 1. The van der Waals surface area contributed by atoms with Crippen LogP contribution < -0.4 is 0 Å². The Kier molecular flexibility index (Phi) is 5.18. The van der Waals surface area contributed by atoms with Crippen LogP contribution in [-0.4, -0.2) is 36.0 Å². The number of thiophene rings is 1. The predicted octanol–water partition coefficient (Wildman–Crippen LogP) is 4.89. The van der Waals surface area contributed by atoms with Crippen LogP contribution in [0.4, 0.5) is 4.79 Å². The highest BCUT2D eigenvalue weighted by atomic mass is 32.1. The van der Waals surface area contributed by atoms with Gasteiger partial charge in [0, 0.05) is 24.9 Å². The molecular weight excluding hydrogens is 338 g/mol. The fourth-order valence-electron chi connectivity index (χ4n) is 3.17. The van der Waals surface area contributed by atoms with Gasteiger partial charge in [-0.1, -0.05) is 11.3 Å². The number of hydrogen-bond donors (Lipinski definition) is 0. The molecule has 0 N–H and O–H groups in total. The fourth-order valence-corrected chi connectivity index (χ4v) is 4.00. The summed E-state index contributed by atoms with van der Waals surface area (Å²) < 4.78 is 11.3. The Hall–Kier alpha value is -1.82. The number of likely N-dealkylation sites (tertiary alicyclic amines) is 1. The Balaban J connectivity index is 1.46. The number of aldehydes is 1. The van der Waals surface area contributed by atoms with Crippen molar-refractivity contribution in [2.45, 2.75) is 52.1 Å². The first-order valence-corrected chi connectivity index (χ1v) is 9.61. The maximum atomic E-state index is 12.1. The van der Waals surface area contributed by atoms with E-state index in [-0.39, 0.29) is 6.09 Å². The number of hydrogen-bond acceptors (Lipinski definition) is 5. The molecule has 3 heterocycles. The van der Waals surface area contributed by atoms with E-state index >= 15 is 0 Å². The summed E-state index contributed by atoms with van der Waals surface area (Å²) in [7, 11) is 0. The first-order chi connectivity index (χ1) is 11.8. The van der Waals surface area contributed by atoms with Crippen molar-refractivity contribution in [2.24, 2.45) is 5.92 Å². The maximum absolute atomic E-state index is 12.1. The Bertz CT molecular complexity index is 716. The van der Waals surface area contributed by atoms with Crippen LogP contribution in [0.2, 0.25) is 0 Å². The van der Waals surface area contributed by atoms with Gasteiger partial charge in [-0.05, 0) is 58.1 Å². The molecule has 2 aromatic rings. The van der Waals surface area contributed by atoms with Gasteiger partial charge in [-0.3, -0.25) is 4.79 Å². The van der Waals surface area contributed by atoms with Gasteiger partial charge in [0.1, 0.15) is 11.4 Å². The second-order valence-electron chi connectivity index (χ2n) is 7.67. The quantitative estimate of drug-likeness (QED) is 0.726. The molecule has 1 fully saturated rings. The van der Waals surface area contributed by atoms with Gasteiger partial charge in [0.25, 0.3) is 0 Å². The molecule has 0 radical (unpaired) electrons. The second-order valence-corrected chi connectivity index (χ2v) is 8.72. The molecule has 1 aliphatic heterocycles. The number of piperidine rings is 1. The van der Waals surface area contributed by atoms with E-state index in [0.717, 1.165) is 61.1 Å². The first kappa shape index (κ1) is 18.0. The van der Waals surface area contributed by atoms with E-state index in [1.165, 1.54) is 11.3 Å². The third-order valence-corrected chi connectivity index (χ3v) is 5.42. The molecule has 1 saturated heterocycles. The van der Waals surface area contributed by atoms with Gasteiger partial charge in [-0.2, -0.15) is 0 Å². The number of nitrogens with zero attached hydrogens (tertiary/aromatic N) is 1. The van der Waals surface area contributed by atoms with Gasteiger partial charge in [0.2, 0.25) is 0 Å². The largest absolute Gasteiger partial charge is 0.450 e. The zero-order valence-electron chi connectivity index (χ0n) is 15.0. The van der Waals surface area contributed by atoms with E-state index in [9.17, 15) is 9.59 Å². The number of carbonyl (C=O) groups excluding carboxylic acids is 2. The van der Waals surface area contributed by atoms with Crippen molar-refractivity contribution in [1.82, 2.24) is 4.90 Å². The van der Waals surface area contributed by atoms with Crippen LogP contribution in [0.5, 0.6) is 0 Å². The molecule has 6 heteroatoms. The summed E-state index contributed by atoms with van der Waals surface area (Å²) in [4.78, 5) is 26.2. The van der Waals surface area contributed by atoms with E-state index < -0.39 is 5.60 Å². The summed E-state index contributed by atoms with van der Waals surface area (Å²) in [6.07, 6.45) is 4.62. The second kappa shape index (κ2) is 7.20. The molecule has 2 aromatic heterocycles. The molecule has 0 unspecified atom stereocenters. The normalized spacial score (nSPS) is 16.4. The number of rotatable bonds is 4. The van der Waals surface area contributed by atoms with E-state index in [4.69, 9.17) is 9.15 Å². The lowest BCUT2D eigenvalue weighted by molar-refractivity contribution is 0.0181. The summed E-state index contributed by atoms with van der Waals surface area (Å²) >= 11 is 1.39. The van der Waals surface area contributed by atoms with E-state index in [2.05, 4.69) is 0 Å². The molecule has 5 nitrogen and oxygen atoms in total. The van der Waals surface area contributed by atoms with Gasteiger partial charge in [-0.15, -0.1) is 0 Å². The molecule has 25 heavy (non-hydrogen) atoms. The van der Waals surface area contributed by atoms with Crippen LogP contribution >= 0.6 is 11.3 Å². The third kappa shape index (κ3) is 4.63. The van der Waals surface area contributed by atoms with Crippen LogP contribution in [-0.2, 0) is 11.2 Å². The Morgan fingerprint density at radius 2 is 2.08 bits per heavy atom. The molecule has 3 rings (SSSR count). The number of fused-ring (bicyclic) bond motifs is 1. The Morgan fingerprint density at radius 1 is 1.36 bits per heavy atom. The lowest BCUT2D eigenvalue weighted by Crippen LogP contribution is -2.41. The maximum Gasteiger partial charge on any atom is 0.410 e. The van der Waals surface area contributed by atoms with Crippen LogP contribution in [0.15, 0.2) is 16.5 Å². The molecule has 136 valence electrons. The Labute approximate surface area is 151 Å². The summed E-state index contributed by atoms with van der Waals surface area (Å²) in [6.45, 7) is 7.20. The van der Waals surface area contributed by atoms with Crippen molar-refractivity contribution < 1.29 is 18.7 Å². The van der Waals surface area contributed by atoms with Crippen LogP contribution in [0.1, 0.15) is 55.5 Å². The van der Waals surface area contributed by atoms with Gasteiger partial charge < -0.3 is 14.1 Å². The van der Waals surface area contributed by atoms with Gasteiger partial charge in [0.15, 0.2) is 11.2 Å².